The van der Waals surface area contributed by atoms with E-state index in [1.807, 2.05) is 61.5 Å². The molecule has 0 bridgehead atoms. The van der Waals surface area contributed by atoms with Crippen LogP contribution in [0.25, 0.3) is 5.69 Å². The van der Waals surface area contributed by atoms with Crippen LogP contribution in [0.4, 0.5) is 5.95 Å². The summed E-state index contributed by atoms with van der Waals surface area (Å²) in [4.78, 5) is 26.9. The lowest BCUT2D eigenvalue weighted by Crippen LogP contribution is -2.52. The molecule has 0 unspecified atom stereocenters. The summed E-state index contributed by atoms with van der Waals surface area (Å²) < 4.78 is 1.73. The molecule has 0 radical (unpaired) electrons. The zero-order valence-corrected chi connectivity index (χ0v) is 18.9. The summed E-state index contributed by atoms with van der Waals surface area (Å²) >= 11 is 0. The third-order valence-electron chi connectivity index (χ3n) is 5.79. The van der Waals surface area contributed by atoms with Gasteiger partial charge in [0.05, 0.1) is 5.69 Å². The van der Waals surface area contributed by atoms with Crippen molar-refractivity contribution in [2.75, 3.05) is 18.0 Å². The molecule has 1 atom stereocenters. The van der Waals surface area contributed by atoms with Crippen LogP contribution in [0.3, 0.4) is 0 Å². The normalized spacial score (nSPS) is 15.2. The first-order valence-corrected chi connectivity index (χ1v) is 11.2. The highest BCUT2D eigenvalue weighted by Crippen LogP contribution is 2.20. The minimum absolute atomic E-state index is 0.0311. The topological polar surface area (TPSA) is 105 Å². The molecule has 9 heteroatoms. The van der Waals surface area contributed by atoms with Gasteiger partial charge in [0.15, 0.2) is 0 Å². The van der Waals surface area contributed by atoms with Gasteiger partial charge in [0.1, 0.15) is 6.04 Å². The van der Waals surface area contributed by atoms with E-state index in [1.54, 1.807) is 4.68 Å². The monoisotopic (exact) mass is 447 g/mol. The number of aryl methyl sites for hydroxylation is 1. The highest BCUT2D eigenvalue weighted by Gasteiger charge is 2.27. The van der Waals surface area contributed by atoms with Gasteiger partial charge in [-0.1, -0.05) is 53.1 Å². The second-order valence-corrected chi connectivity index (χ2v) is 8.44. The largest absolute Gasteiger partial charge is 0.351 e. The molecule has 172 valence electrons. The number of carbonyl (C=O) groups is 2. The summed E-state index contributed by atoms with van der Waals surface area (Å²) in [5.74, 6) is 0.325. The van der Waals surface area contributed by atoms with E-state index in [9.17, 15) is 9.59 Å². The van der Waals surface area contributed by atoms with Gasteiger partial charge in [-0.15, -0.1) is 0 Å². The van der Waals surface area contributed by atoms with Gasteiger partial charge in [0.25, 0.3) is 0 Å². The number of tetrazole rings is 1. The zero-order valence-electron chi connectivity index (χ0n) is 18.9. The van der Waals surface area contributed by atoms with Crippen LogP contribution in [0, 0.1) is 6.92 Å². The number of carbonyl (C=O) groups excluding carboxylic acids is 2. The Morgan fingerprint density at radius 3 is 2.55 bits per heavy atom. The molecule has 0 aliphatic carbocycles. The number of para-hydroxylation sites is 1. The molecular weight excluding hydrogens is 418 g/mol. The number of anilines is 1. The van der Waals surface area contributed by atoms with E-state index in [2.05, 4.69) is 31.1 Å². The van der Waals surface area contributed by atoms with Crippen molar-refractivity contribution in [3.05, 3.63) is 65.7 Å². The lowest BCUT2D eigenvalue weighted by Gasteiger charge is -2.33. The number of aromatic nitrogens is 4. The number of hydrogen-bond acceptors (Lipinski definition) is 6. The molecule has 2 N–H and O–H groups in total. The summed E-state index contributed by atoms with van der Waals surface area (Å²) in [7, 11) is 0. The Morgan fingerprint density at radius 2 is 1.85 bits per heavy atom. The van der Waals surface area contributed by atoms with Crippen molar-refractivity contribution >= 4 is 17.8 Å². The number of benzene rings is 2. The first kappa shape index (κ1) is 22.4. The molecule has 1 saturated heterocycles. The van der Waals surface area contributed by atoms with Crippen LogP contribution in [0.15, 0.2) is 54.6 Å². The van der Waals surface area contributed by atoms with Crippen LogP contribution in [0.5, 0.6) is 0 Å². The molecule has 1 aliphatic rings. The Balaban J connectivity index is 1.36. The predicted molar refractivity (Wildman–Crippen MR) is 125 cm³/mol. The SMILES string of the molecule is CC(=O)N[C@@H](Cc1cccc(C)c1)C(=O)NC1CCN(c2nnnn2-c2ccccc2)CC1. The lowest BCUT2D eigenvalue weighted by atomic mass is 10.0. The van der Waals surface area contributed by atoms with Crippen LogP contribution >= 0.6 is 0 Å². The fraction of sp³-hybridized carbons (Fsp3) is 0.375. The molecule has 0 spiro atoms. The van der Waals surface area contributed by atoms with Crippen LogP contribution in [-0.2, 0) is 16.0 Å². The molecule has 1 aliphatic heterocycles. The van der Waals surface area contributed by atoms with Gasteiger partial charge >= 0.3 is 0 Å². The van der Waals surface area contributed by atoms with Gasteiger partial charge in [0.2, 0.25) is 17.8 Å². The molecule has 2 heterocycles. The summed E-state index contributed by atoms with van der Waals surface area (Å²) in [5.41, 5.74) is 3.05. The van der Waals surface area contributed by atoms with Crippen LogP contribution < -0.4 is 15.5 Å². The lowest BCUT2D eigenvalue weighted by molar-refractivity contribution is -0.128. The Kier molecular flexibility index (Phi) is 6.97. The maximum atomic E-state index is 13.0. The highest BCUT2D eigenvalue weighted by molar-refractivity contribution is 5.87. The Bertz CT molecular complexity index is 1090. The fourth-order valence-electron chi connectivity index (χ4n) is 4.17. The molecule has 33 heavy (non-hydrogen) atoms. The van der Waals surface area contributed by atoms with E-state index in [1.165, 1.54) is 6.92 Å². The van der Waals surface area contributed by atoms with Gasteiger partial charge < -0.3 is 15.5 Å². The minimum atomic E-state index is -0.604. The quantitative estimate of drug-likeness (QED) is 0.572. The van der Waals surface area contributed by atoms with Crippen LogP contribution in [0.2, 0.25) is 0 Å². The number of nitrogens with zero attached hydrogens (tertiary/aromatic N) is 5. The second-order valence-electron chi connectivity index (χ2n) is 8.44. The van der Waals surface area contributed by atoms with E-state index in [4.69, 9.17) is 0 Å². The van der Waals surface area contributed by atoms with Crippen molar-refractivity contribution in [3.8, 4) is 5.69 Å². The molecule has 2 aromatic carbocycles. The van der Waals surface area contributed by atoms with Crippen LogP contribution in [-0.4, -0.2) is 57.2 Å². The number of piperidine rings is 1. The zero-order chi connectivity index (χ0) is 23.2. The van der Waals surface area contributed by atoms with Crippen LogP contribution in [0.1, 0.15) is 30.9 Å². The Hall–Kier alpha value is -3.75. The van der Waals surface area contributed by atoms with Gasteiger partial charge in [0, 0.05) is 32.5 Å². The van der Waals surface area contributed by atoms with E-state index in [0.29, 0.717) is 12.4 Å². The average Bonchev–Trinajstić information content (AvgIpc) is 3.29. The van der Waals surface area contributed by atoms with Crippen molar-refractivity contribution in [2.45, 2.75) is 45.2 Å². The number of amides is 2. The van der Waals surface area contributed by atoms with Crippen molar-refractivity contribution in [3.63, 3.8) is 0 Å². The van der Waals surface area contributed by atoms with Crippen molar-refractivity contribution in [1.82, 2.24) is 30.8 Å². The third kappa shape index (κ3) is 5.74. The maximum absolute atomic E-state index is 13.0. The number of rotatable bonds is 7. The van der Waals surface area contributed by atoms with Gasteiger partial charge in [-0.25, -0.2) is 0 Å². The Morgan fingerprint density at radius 1 is 1.09 bits per heavy atom. The standard InChI is InChI=1S/C24H29N7O2/c1-17-7-6-8-19(15-17)16-22(25-18(2)32)23(33)26-20-11-13-30(14-12-20)24-27-28-29-31(24)21-9-4-3-5-10-21/h3-10,15,20,22H,11-14,16H2,1-2H3,(H,25,32)(H,26,33)/t22-/m0/s1. The van der Waals surface area contributed by atoms with Gasteiger partial charge in [-0.05, 0) is 47.9 Å². The maximum Gasteiger partial charge on any atom is 0.250 e. The van der Waals surface area contributed by atoms with Gasteiger partial charge in [-0.2, -0.15) is 4.68 Å². The number of hydrogen-bond donors (Lipinski definition) is 2. The van der Waals surface area contributed by atoms with Crippen molar-refractivity contribution in [1.29, 1.82) is 0 Å². The van der Waals surface area contributed by atoms with E-state index in [0.717, 1.165) is 42.7 Å². The third-order valence-corrected chi connectivity index (χ3v) is 5.79. The molecule has 1 fully saturated rings. The molecule has 0 saturated carbocycles. The second kappa shape index (κ2) is 10.2. The van der Waals surface area contributed by atoms with Crippen molar-refractivity contribution in [2.24, 2.45) is 0 Å². The molecular formula is C24H29N7O2. The average molecular weight is 448 g/mol. The molecule has 1 aromatic heterocycles. The first-order valence-electron chi connectivity index (χ1n) is 11.2. The molecule has 4 rings (SSSR count). The summed E-state index contributed by atoms with van der Waals surface area (Å²) in [6.45, 7) is 4.90. The summed E-state index contributed by atoms with van der Waals surface area (Å²) in [6.07, 6.45) is 1.99. The minimum Gasteiger partial charge on any atom is -0.351 e. The first-order chi connectivity index (χ1) is 16.0. The van der Waals surface area contributed by atoms with E-state index < -0.39 is 6.04 Å². The smallest absolute Gasteiger partial charge is 0.250 e. The summed E-state index contributed by atoms with van der Waals surface area (Å²) in [5, 5.41) is 18.1. The molecule has 2 amide bonds. The number of nitrogens with one attached hydrogen (secondary N) is 2. The summed E-state index contributed by atoms with van der Waals surface area (Å²) in [6, 6.07) is 17.2. The van der Waals surface area contributed by atoms with E-state index in [-0.39, 0.29) is 17.9 Å². The fourth-order valence-corrected chi connectivity index (χ4v) is 4.17. The van der Waals surface area contributed by atoms with E-state index >= 15 is 0 Å². The molecule has 9 nitrogen and oxygen atoms in total. The van der Waals surface area contributed by atoms with Gasteiger partial charge in [-0.3, -0.25) is 9.59 Å². The van der Waals surface area contributed by atoms with Crippen molar-refractivity contribution < 1.29 is 9.59 Å². The highest BCUT2D eigenvalue weighted by atomic mass is 16.2. The predicted octanol–water partition coefficient (Wildman–Crippen LogP) is 1.80. The molecule has 3 aromatic rings. The Labute approximate surface area is 193 Å².